The van der Waals surface area contributed by atoms with E-state index in [4.69, 9.17) is 0 Å². The second kappa shape index (κ2) is 9.83. The van der Waals surface area contributed by atoms with Crippen LogP contribution in [0.1, 0.15) is 29.8 Å². The largest absolute Gasteiger partial charge is 0.332 e. The molecule has 0 radical (unpaired) electrons. The van der Waals surface area contributed by atoms with Gasteiger partial charge in [-0.15, -0.1) is 0 Å². The summed E-state index contributed by atoms with van der Waals surface area (Å²) in [4.78, 5) is 28.2. The summed E-state index contributed by atoms with van der Waals surface area (Å²) in [6.45, 7) is 6.95. The van der Waals surface area contributed by atoms with Crippen molar-refractivity contribution in [1.29, 1.82) is 0 Å². The van der Waals surface area contributed by atoms with Gasteiger partial charge in [0.05, 0.1) is 6.54 Å². The molecule has 0 heterocycles. The molecule has 0 aromatic heterocycles. The van der Waals surface area contributed by atoms with Gasteiger partial charge in [-0.1, -0.05) is 26.0 Å². The third kappa shape index (κ3) is 6.18. The Morgan fingerprint density at radius 1 is 0.963 bits per heavy atom. The molecule has 0 bridgehead atoms. The number of amides is 2. The lowest BCUT2D eigenvalue weighted by Gasteiger charge is -2.19. The van der Waals surface area contributed by atoms with Crippen molar-refractivity contribution in [2.24, 2.45) is 0 Å². The molecule has 2 aromatic rings. The van der Waals surface area contributed by atoms with Gasteiger partial charge >= 0.3 is 0 Å². The molecular weight excluding hydrogens is 345 g/mol. The summed E-state index contributed by atoms with van der Waals surface area (Å²) < 4.78 is 12.9. The first-order valence-corrected chi connectivity index (χ1v) is 9.05. The minimum atomic E-state index is -0.371. The third-order valence-electron chi connectivity index (χ3n) is 4.36. The number of nitrogens with one attached hydrogen (secondary N) is 1. The van der Waals surface area contributed by atoms with E-state index in [0.717, 1.165) is 25.2 Å². The highest BCUT2D eigenvalue weighted by Gasteiger charge is 2.15. The Bertz CT molecular complexity index is 756. The maximum absolute atomic E-state index is 12.9. The van der Waals surface area contributed by atoms with E-state index < -0.39 is 0 Å². The molecule has 0 aliphatic carbocycles. The molecule has 0 saturated heterocycles. The number of hydrogen-bond acceptors (Lipinski definition) is 3. The average Bonchev–Trinajstić information content (AvgIpc) is 2.67. The zero-order valence-corrected chi connectivity index (χ0v) is 16.0. The molecule has 0 atom stereocenters. The van der Waals surface area contributed by atoms with E-state index in [1.165, 1.54) is 29.2 Å². The van der Waals surface area contributed by atoms with Crippen LogP contribution in [0.2, 0.25) is 0 Å². The average molecular weight is 371 g/mol. The number of benzene rings is 2. The molecule has 6 heteroatoms. The summed E-state index contributed by atoms with van der Waals surface area (Å²) >= 11 is 0. The molecule has 0 aliphatic rings. The second-order valence-corrected chi connectivity index (χ2v) is 6.37. The molecule has 0 spiro atoms. The van der Waals surface area contributed by atoms with Crippen LogP contribution in [0.25, 0.3) is 0 Å². The van der Waals surface area contributed by atoms with Crippen LogP contribution < -0.4 is 5.32 Å². The Morgan fingerprint density at radius 3 is 2.11 bits per heavy atom. The predicted molar refractivity (Wildman–Crippen MR) is 105 cm³/mol. The SMILES string of the molecule is CCN(CC)Cc1ccc(C(=O)N(C)CC(=O)Nc2ccc(F)cc2)cc1. The van der Waals surface area contributed by atoms with Crippen LogP contribution in [0.4, 0.5) is 10.1 Å². The van der Waals surface area contributed by atoms with Gasteiger partial charge in [0.15, 0.2) is 0 Å². The van der Waals surface area contributed by atoms with E-state index in [1.807, 2.05) is 12.1 Å². The van der Waals surface area contributed by atoms with E-state index in [9.17, 15) is 14.0 Å². The van der Waals surface area contributed by atoms with E-state index in [0.29, 0.717) is 11.3 Å². The van der Waals surface area contributed by atoms with Crippen LogP contribution >= 0.6 is 0 Å². The number of hydrogen-bond donors (Lipinski definition) is 1. The Hall–Kier alpha value is -2.73. The minimum absolute atomic E-state index is 0.0859. The number of carbonyl (C=O) groups excluding carboxylic acids is 2. The number of halogens is 1. The predicted octanol–water partition coefficient (Wildman–Crippen LogP) is 3.38. The fourth-order valence-electron chi connectivity index (χ4n) is 2.70. The highest BCUT2D eigenvalue weighted by Crippen LogP contribution is 2.11. The van der Waals surface area contributed by atoms with Gasteiger partial charge < -0.3 is 10.2 Å². The zero-order chi connectivity index (χ0) is 19.8. The van der Waals surface area contributed by atoms with Crippen molar-refractivity contribution in [3.63, 3.8) is 0 Å². The van der Waals surface area contributed by atoms with Crippen LogP contribution in [0.3, 0.4) is 0 Å². The maximum Gasteiger partial charge on any atom is 0.254 e. The van der Waals surface area contributed by atoms with Crippen molar-refractivity contribution in [2.45, 2.75) is 20.4 Å². The molecule has 144 valence electrons. The molecule has 27 heavy (non-hydrogen) atoms. The summed E-state index contributed by atoms with van der Waals surface area (Å²) in [7, 11) is 1.58. The molecule has 0 fully saturated rings. The smallest absolute Gasteiger partial charge is 0.254 e. The summed E-state index contributed by atoms with van der Waals surface area (Å²) in [5.41, 5.74) is 2.17. The Balaban J connectivity index is 1.91. The van der Waals surface area contributed by atoms with Crippen LogP contribution in [0.5, 0.6) is 0 Å². The van der Waals surface area contributed by atoms with Crippen LogP contribution in [0.15, 0.2) is 48.5 Å². The van der Waals surface area contributed by atoms with E-state index in [-0.39, 0.29) is 24.2 Å². The summed E-state index contributed by atoms with van der Waals surface area (Å²) in [6, 6.07) is 12.9. The Morgan fingerprint density at radius 2 is 1.56 bits per heavy atom. The number of nitrogens with zero attached hydrogens (tertiary/aromatic N) is 2. The van der Waals surface area contributed by atoms with Gasteiger partial charge in [0.1, 0.15) is 5.82 Å². The summed E-state index contributed by atoms with van der Waals surface area (Å²) in [5, 5.41) is 2.64. The molecular formula is C21H26FN3O2. The second-order valence-electron chi connectivity index (χ2n) is 6.37. The van der Waals surface area contributed by atoms with Crippen molar-refractivity contribution in [1.82, 2.24) is 9.80 Å². The Labute approximate surface area is 159 Å². The highest BCUT2D eigenvalue weighted by atomic mass is 19.1. The van der Waals surface area contributed by atoms with Crippen molar-refractivity contribution in [3.05, 3.63) is 65.5 Å². The maximum atomic E-state index is 12.9. The number of anilines is 1. The molecule has 0 saturated carbocycles. The van der Waals surface area contributed by atoms with Crippen LogP contribution in [-0.2, 0) is 11.3 Å². The molecule has 0 unspecified atom stereocenters. The van der Waals surface area contributed by atoms with E-state index in [2.05, 4.69) is 24.1 Å². The normalized spacial score (nSPS) is 10.7. The van der Waals surface area contributed by atoms with Gasteiger partial charge in [0.25, 0.3) is 5.91 Å². The standard InChI is InChI=1S/C21H26FN3O2/c1-4-25(5-2)14-16-6-8-17(9-7-16)21(27)24(3)15-20(26)23-19-12-10-18(22)11-13-19/h6-13H,4-5,14-15H2,1-3H3,(H,23,26). The summed E-state index contributed by atoms with van der Waals surface area (Å²) in [5.74, 6) is -0.931. The topological polar surface area (TPSA) is 52.7 Å². The van der Waals surface area contributed by atoms with Gasteiger partial charge in [0.2, 0.25) is 5.91 Å². The van der Waals surface area contributed by atoms with Crippen molar-refractivity contribution in [3.8, 4) is 0 Å². The molecule has 2 aromatic carbocycles. The van der Waals surface area contributed by atoms with Crippen LogP contribution in [0, 0.1) is 5.82 Å². The van der Waals surface area contributed by atoms with Crippen LogP contribution in [-0.4, -0.2) is 48.3 Å². The van der Waals surface area contributed by atoms with Gasteiger partial charge in [-0.2, -0.15) is 0 Å². The first-order chi connectivity index (χ1) is 12.9. The van der Waals surface area contributed by atoms with Crippen molar-refractivity contribution in [2.75, 3.05) is 32.0 Å². The molecule has 2 rings (SSSR count). The van der Waals surface area contributed by atoms with Crippen molar-refractivity contribution >= 4 is 17.5 Å². The zero-order valence-electron chi connectivity index (χ0n) is 16.0. The lowest BCUT2D eigenvalue weighted by molar-refractivity contribution is -0.116. The lowest BCUT2D eigenvalue weighted by atomic mass is 10.1. The van der Waals surface area contributed by atoms with Gasteiger partial charge in [-0.05, 0) is 55.1 Å². The lowest BCUT2D eigenvalue weighted by Crippen LogP contribution is -2.34. The van der Waals surface area contributed by atoms with Crippen molar-refractivity contribution < 1.29 is 14.0 Å². The first-order valence-electron chi connectivity index (χ1n) is 9.05. The van der Waals surface area contributed by atoms with E-state index in [1.54, 1.807) is 19.2 Å². The molecule has 2 amide bonds. The number of carbonyl (C=O) groups is 2. The fraction of sp³-hybridized carbons (Fsp3) is 0.333. The quantitative estimate of drug-likeness (QED) is 0.774. The first kappa shape index (κ1) is 20.6. The van der Waals surface area contributed by atoms with Gasteiger partial charge in [-0.3, -0.25) is 14.5 Å². The minimum Gasteiger partial charge on any atom is -0.332 e. The summed E-state index contributed by atoms with van der Waals surface area (Å²) in [6.07, 6.45) is 0. The van der Waals surface area contributed by atoms with Gasteiger partial charge in [-0.25, -0.2) is 4.39 Å². The Kier molecular flexibility index (Phi) is 7.49. The fourth-order valence-corrected chi connectivity index (χ4v) is 2.70. The third-order valence-corrected chi connectivity index (χ3v) is 4.36. The molecule has 5 nitrogen and oxygen atoms in total. The van der Waals surface area contributed by atoms with Gasteiger partial charge in [0, 0.05) is 24.8 Å². The van der Waals surface area contributed by atoms with E-state index >= 15 is 0 Å². The molecule has 0 aliphatic heterocycles. The molecule has 1 N–H and O–H groups in total. The monoisotopic (exact) mass is 371 g/mol. The number of rotatable bonds is 8. The highest BCUT2D eigenvalue weighted by molar-refractivity contribution is 5.99. The number of likely N-dealkylation sites (N-methyl/N-ethyl adjacent to an activating group) is 1.